The number of carbonyl (C=O) groups is 2. The number of rotatable bonds is 15. The zero-order chi connectivity index (χ0) is 55.4. The monoisotopic (exact) mass is 1120 g/mol. The van der Waals surface area contributed by atoms with Crippen molar-refractivity contribution in [1.29, 1.82) is 0 Å². The van der Waals surface area contributed by atoms with Gasteiger partial charge in [0.05, 0.1) is 50.6 Å². The first kappa shape index (κ1) is 57.7. The number of hydrogen-bond donors (Lipinski definition) is 1. The zero-order valence-corrected chi connectivity index (χ0v) is 44.2. The molecule has 0 saturated carbocycles. The molecule has 0 unspecified atom stereocenters. The van der Waals surface area contributed by atoms with Crippen LogP contribution in [0.5, 0.6) is 11.5 Å². The summed E-state index contributed by atoms with van der Waals surface area (Å²) in [5.41, 5.74) is 2.11. The van der Waals surface area contributed by atoms with Crippen molar-refractivity contribution in [2.24, 2.45) is 11.3 Å². The van der Waals surface area contributed by atoms with E-state index in [4.69, 9.17) is 34.5 Å². The highest BCUT2D eigenvalue weighted by Crippen LogP contribution is 2.44. The summed E-state index contributed by atoms with van der Waals surface area (Å²) in [6, 6.07) is 25.3. The quantitative estimate of drug-likeness (QED) is 0.0792. The predicted molar refractivity (Wildman–Crippen MR) is 277 cm³/mol. The van der Waals surface area contributed by atoms with Crippen LogP contribution in [0, 0.1) is 23.7 Å². The lowest BCUT2D eigenvalue weighted by molar-refractivity contribution is -0.137. The van der Waals surface area contributed by atoms with E-state index in [1.807, 2.05) is 12.1 Å². The van der Waals surface area contributed by atoms with Gasteiger partial charge in [-0.1, -0.05) is 87.3 Å². The third kappa shape index (κ3) is 14.6. The number of halogens is 8. The van der Waals surface area contributed by atoms with Crippen molar-refractivity contribution < 1.29 is 62.2 Å². The molecule has 11 nitrogen and oxygen atoms in total. The second-order valence-electron chi connectivity index (χ2n) is 18.7. The summed E-state index contributed by atoms with van der Waals surface area (Å²) >= 11 is 13.0. The topological polar surface area (TPSA) is 141 Å². The Hall–Kier alpha value is -6.59. The molecule has 0 aromatic heterocycles. The maximum absolute atomic E-state index is 14.2. The number of anilines is 2. The van der Waals surface area contributed by atoms with Crippen LogP contribution in [0.25, 0.3) is 27.1 Å². The van der Waals surface area contributed by atoms with Gasteiger partial charge in [-0.25, -0.2) is 26.1 Å². The van der Waals surface area contributed by atoms with Crippen LogP contribution >= 0.6 is 23.2 Å². The number of Topliss-reactive ketones (excluding diaryl/α,β-unsaturated/α-hetero) is 1. The Bertz CT molecular complexity index is 3380. The summed E-state index contributed by atoms with van der Waals surface area (Å²) in [5, 5.41) is 3.48. The molecule has 1 amide bonds. The molecule has 0 radical (unpaired) electrons. The lowest BCUT2D eigenvalue weighted by Gasteiger charge is -2.38. The number of hydrogen-bond acceptors (Lipinski definition) is 8. The number of sulfonamides is 1. The van der Waals surface area contributed by atoms with E-state index in [9.17, 15) is 52.8 Å². The summed E-state index contributed by atoms with van der Waals surface area (Å²) in [6.07, 6.45) is -3.56. The highest BCUT2D eigenvalue weighted by atomic mass is 35.5. The second-order valence-corrected chi connectivity index (χ2v) is 23.4. The van der Waals surface area contributed by atoms with E-state index in [2.05, 4.69) is 28.7 Å². The van der Waals surface area contributed by atoms with E-state index >= 15 is 0 Å². The van der Waals surface area contributed by atoms with E-state index in [1.165, 1.54) is 37.3 Å². The second kappa shape index (κ2) is 23.1. The third-order valence-electron chi connectivity index (χ3n) is 11.9. The van der Waals surface area contributed by atoms with E-state index in [1.54, 1.807) is 44.2 Å². The molecule has 1 aliphatic rings. The average molecular weight is 1120 g/mol. The maximum Gasteiger partial charge on any atom is 0.416 e. The van der Waals surface area contributed by atoms with Crippen molar-refractivity contribution in [2.75, 3.05) is 22.4 Å². The molecule has 0 bridgehead atoms. The molecule has 0 aliphatic carbocycles. The molecule has 7 rings (SSSR count). The van der Waals surface area contributed by atoms with Crippen LogP contribution in [0.1, 0.15) is 57.7 Å². The summed E-state index contributed by atoms with van der Waals surface area (Å²) in [6.45, 7) is 12.9. The number of nitrogens with zero attached hydrogens (tertiary/aromatic N) is 2. The number of amides is 1. The minimum atomic E-state index is -4.80. The van der Waals surface area contributed by atoms with E-state index in [-0.39, 0.29) is 58.5 Å². The van der Waals surface area contributed by atoms with Crippen LogP contribution in [-0.2, 0) is 48.5 Å². The van der Waals surface area contributed by atoms with Gasteiger partial charge in [0, 0.05) is 29.0 Å². The average Bonchev–Trinajstić information content (AvgIpc) is 3.30. The third-order valence-corrected chi connectivity index (χ3v) is 15.4. The Morgan fingerprint density at radius 1 is 0.853 bits per heavy atom. The van der Waals surface area contributed by atoms with Crippen LogP contribution in [0.3, 0.4) is 0 Å². The van der Waals surface area contributed by atoms with Gasteiger partial charge in [-0.2, -0.15) is 22.0 Å². The molecule has 21 heteroatoms. The minimum absolute atomic E-state index is 0.0420. The summed E-state index contributed by atoms with van der Waals surface area (Å²) in [4.78, 5) is 27.9. The fraction of sp³-hybridized carbons (Fsp3) is 0.278. The largest absolute Gasteiger partial charge is 0.486 e. The van der Waals surface area contributed by atoms with Crippen LogP contribution in [0.2, 0.25) is 10.0 Å². The Morgan fingerprint density at radius 3 is 2.09 bits per heavy atom. The number of ketones is 1. The standard InChI is InChI=1S/C28H25F6NO5S.C26H24Cl2N2O3S/c1-16(36)27(2,3)14-22-15-35(41(37,38)23-6-4-5-19(12-23)28(32,33)34)24-11-17(7-8-25(24)39-22)18-9-20(29)13-21(10-18)40-26(30)31;1-16(2)11-18-7-8-19(13-24(18)29-3)26-22(27)14-20(15-23(26)28)30-25(31)12-17-5-9-21(10-6-17)34(4,32)33/h4-13,22,26H,14-15H2,1-3H3;5-10,13-16H,11-12H2,1-2,4H3,(H,30,31)/t22-;/m0./s1. The fourth-order valence-corrected chi connectivity index (χ4v) is 10.9. The number of carbonyl (C=O) groups excluding carboxylic acids is 2. The van der Waals surface area contributed by atoms with Crippen molar-refractivity contribution in [3.05, 3.63) is 159 Å². The van der Waals surface area contributed by atoms with Gasteiger partial charge in [0.2, 0.25) is 5.91 Å². The van der Waals surface area contributed by atoms with Crippen LogP contribution in [0.4, 0.5) is 43.4 Å². The lowest BCUT2D eigenvalue weighted by Crippen LogP contribution is -2.46. The van der Waals surface area contributed by atoms with Gasteiger partial charge in [-0.05, 0) is 126 Å². The zero-order valence-electron chi connectivity index (χ0n) is 41.0. The molecule has 0 spiro atoms. The van der Waals surface area contributed by atoms with Crippen LogP contribution in [-0.4, -0.2) is 54.0 Å². The highest BCUT2D eigenvalue weighted by Gasteiger charge is 2.40. The normalized spacial score (nSPS) is 13.8. The van der Waals surface area contributed by atoms with Gasteiger partial charge in [-0.3, -0.25) is 13.9 Å². The van der Waals surface area contributed by atoms with Gasteiger partial charge in [0.15, 0.2) is 15.5 Å². The van der Waals surface area contributed by atoms with Gasteiger partial charge >= 0.3 is 12.8 Å². The van der Waals surface area contributed by atoms with Gasteiger partial charge in [-0.15, -0.1) is 0 Å². The molecule has 1 aliphatic heterocycles. The van der Waals surface area contributed by atoms with E-state index in [0.29, 0.717) is 44.5 Å². The lowest BCUT2D eigenvalue weighted by atomic mass is 9.82. The molecule has 0 saturated heterocycles. The highest BCUT2D eigenvalue weighted by molar-refractivity contribution is 7.92. The van der Waals surface area contributed by atoms with Gasteiger partial charge < -0.3 is 14.8 Å². The van der Waals surface area contributed by atoms with Crippen LogP contribution in [0.15, 0.2) is 125 Å². The first-order valence-corrected chi connectivity index (χ1v) is 26.9. The van der Waals surface area contributed by atoms with Gasteiger partial charge in [0.1, 0.15) is 29.2 Å². The van der Waals surface area contributed by atoms with Crippen molar-refractivity contribution >= 4 is 71.8 Å². The van der Waals surface area contributed by atoms with Crippen molar-refractivity contribution in [3.8, 4) is 33.8 Å². The van der Waals surface area contributed by atoms with Gasteiger partial charge in [0.25, 0.3) is 10.0 Å². The number of nitrogens with one attached hydrogen (secondary N) is 1. The first-order valence-electron chi connectivity index (χ1n) is 22.8. The number of sulfone groups is 1. The summed E-state index contributed by atoms with van der Waals surface area (Å²) < 4.78 is 142. The Balaban J connectivity index is 0.000000248. The Kier molecular flexibility index (Phi) is 17.8. The molecule has 6 aromatic carbocycles. The Morgan fingerprint density at radius 2 is 1.51 bits per heavy atom. The molecule has 1 atom stereocenters. The number of benzene rings is 6. The predicted octanol–water partition coefficient (Wildman–Crippen LogP) is 14.1. The fourth-order valence-electron chi connectivity index (χ4n) is 8.00. The molecule has 396 valence electrons. The molecular formula is C54H49Cl2F6N3O8S2. The summed E-state index contributed by atoms with van der Waals surface area (Å²) in [7, 11) is -7.92. The van der Waals surface area contributed by atoms with Crippen LogP contribution < -0.4 is 19.1 Å². The minimum Gasteiger partial charge on any atom is -0.486 e. The number of fused-ring (bicyclic) bond motifs is 1. The maximum atomic E-state index is 14.2. The SMILES string of the molecule is CC(=O)C(C)(C)C[C@H]1CN(S(=O)(=O)c2cccc(C(F)(F)F)c2)c2cc(-c3cc(F)cc(OC(F)F)c3)ccc2O1.[C-]#[N+]c1cc(-c2c(Cl)cc(NC(=O)Cc3ccc(S(C)(=O)=O)cc3)cc2Cl)ccc1CC(C)C. The first-order chi connectivity index (χ1) is 34.9. The smallest absolute Gasteiger partial charge is 0.416 e. The molecule has 1 N–H and O–H groups in total. The Labute approximate surface area is 441 Å². The molecular weight excluding hydrogens is 1070 g/mol. The van der Waals surface area contributed by atoms with Crippen molar-refractivity contribution in [2.45, 2.75) is 82.6 Å². The molecule has 6 aromatic rings. The van der Waals surface area contributed by atoms with E-state index < -0.39 is 66.2 Å². The molecule has 1 heterocycles. The van der Waals surface area contributed by atoms with Crippen molar-refractivity contribution in [3.63, 3.8) is 0 Å². The summed E-state index contributed by atoms with van der Waals surface area (Å²) in [5.74, 6) is -1.36. The van der Waals surface area contributed by atoms with E-state index in [0.717, 1.165) is 64.5 Å². The number of ether oxygens (including phenoxy) is 2. The molecule has 0 fully saturated rings. The molecule has 75 heavy (non-hydrogen) atoms. The number of alkyl halides is 5. The van der Waals surface area contributed by atoms with Crippen molar-refractivity contribution in [1.82, 2.24) is 0 Å².